The van der Waals surface area contributed by atoms with Gasteiger partial charge < -0.3 is 10.7 Å². The molecule has 8 heteroatoms. The lowest BCUT2D eigenvalue weighted by atomic mass is 9.84. The first-order chi connectivity index (χ1) is 15.2. The number of aromatic nitrogens is 2. The minimum atomic E-state index is -2.70. The molecular weight excluding hydrogens is 419 g/mol. The Labute approximate surface area is 182 Å². The van der Waals surface area contributed by atoms with Crippen molar-refractivity contribution in [2.24, 2.45) is 5.73 Å². The fraction of sp³-hybridized carbons (Fsp3) is 0.375. The number of pyridine rings is 2. The van der Waals surface area contributed by atoms with Crippen LogP contribution in [0, 0.1) is 5.82 Å². The average Bonchev–Trinajstić information content (AvgIpc) is 3.58. The summed E-state index contributed by atoms with van der Waals surface area (Å²) in [6, 6.07) is 9.73. The van der Waals surface area contributed by atoms with Crippen molar-refractivity contribution in [2.75, 3.05) is 0 Å². The second-order valence-corrected chi connectivity index (χ2v) is 8.51. The van der Waals surface area contributed by atoms with E-state index in [2.05, 4.69) is 9.97 Å². The maximum absolute atomic E-state index is 13.6. The minimum Gasteiger partial charge on any atom is -0.364 e. The van der Waals surface area contributed by atoms with Gasteiger partial charge in [0, 0.05) is 36.7 Å². The summed E-state index contributed by atoms with van der Waals surface area (Å²) in [5.41, 5.74) is 6.70. The smallest absolute Gasteiger partial charge is 0.268 e. The quantitative estimate of drug-likeness (QED) is 0.596. The molecule has 0 unspecified atom stereocenters. The van der Waals surface area contributed by atoms with E-state index in [9.17, 15) is 22.8 Å². The number of amides is 1. The highest BCUT2D eigenvalue weighted by atomic mass is 19.3. The molecule has 2 heterocycles. The van der Waals surface area contributed by atoms with Crippen molar-refractivity contribution in [2.45, 2.75) is 56.3 Å². The third-order valence-corrected chi connectivity index (χ3v) is 5.97. The average molecular weight is 443 g/mol. The minimum absolute atomic E-state index is 0.0984. The van der Waals surface area contributed by atoms with E-state index in [1.807, 2.05) is 6.07 Å². The number of primary amides is 1. The zero-order valence-electron chi connectivity index (χ0n) is 17.4. The molecule has 1 aromatic carbocycles. The molecule has 32 heavy (non-hydrogen) atoms. The molecule has 0 saturated heterocycles. The second kappa shape index (κ2) is 8.76. The van der Waals surface area contributed by atoms with Crippen LogP contribution in [0.5, 0.6) is 0 Å². The first-order valence-corrected chi connectivity index (χ1v) is 10.7. The Hall–Kier alpha value is -3.16. The Morgan fingerprint density at radius 3 is 2.56 bits per heavy atom. The number of nitrogens with zero attached hydrogens (tertiary/aromatic N) is 1. The van der Waals surface area contributed by atoms with Crippen LogP contribution in [0.25, 0.3) is 10.9 Å². The molecule has 0 radical (unpaired) electrons. The number of hydrogen-bond donors (Lipinski definition) is 2. The van der Waals surface area contributed by atoms with Gasteiger partial charge >= 0.3 is 0 Å². The number of nitrogens with two attached hydrogens (primary N) is 1. The summed E-state index contributed by atoms with van der Waals surface area (Å²) >= 11 is 0. The van der Waals surface area contributed by atoms with Gasteiger partial charge in [-0.2, -0.15) is 0 Å². The first-order valence-electron chi connectivity index (χ1n) is 10.7. The lowest BCUT2D eigenvalue weighted by molar-refractivity contribution is -0.0412. The van der Waals surface area contributed by atoms with Gasteiger partial charge in [0.2, 0.25) is 5.92 Å². The second-order valence-electron chi connectivity index (χ2n) is 8.51. The number of fused-ring (bicyclic) bond motifs is 1. The van der Waals surface area contributed by atoms with Crippen molar-refractivity contribution >= 4 is 16.8 Å². The Bertz CT molecular complexity index is 1200. The van der Waals surface area contributed by atoms with Crippen molar-refractivity contribution in [3.63, 3.8) is 0 Å². The van der Waals surface area contributed by atoms with E-state index < -0.39 is 23.2 Å². The lowest BCUT2D eigenvalue weighted by Crippen LogP contribution is -2.26. The van der Waals surface area contributed by atoms with Crippen molar-refractivity contribution in [3.8, 4) is 0 Å². The van der Waals surface area contributed by atoms with Crippen LogP contribution in [0.15, 0.2) is 47.4 Å². The number of H-pyrrole nitrogens is 1. The molecule has 0 aliphatic heterocycles. The number of nitrogens with one attached hydrogen (secondary N) is 1. The van der Waals surface area contributed by atoms with Gasteiger partial charge in [-0.25, -0.2) is 13.2 Å². The largest absolute Gasteiger partial charge is 0.364 e. The number of carbonyl (C=O) groups is 1. The Morgan fingerprint density at radius 2 is 1.91 bits per heavy atom. The number of rotatable bonds is 3. The molecular formula is C24H24F3N3O2. The summed E-state index contributed by atoms with van der Waals surface area (Å²) in [4.78, 5) is 30.4. The highest BCUT2D eigenvalue weighted by molar-refractivity contribution is 6.03. The number of halogens is 3. The summed E-state index contributed by atoms with van der Waals surface area (Å²) < 4.78 is 39.7. The molecule has 0 bridgehead atoms. The van der Waals surface area contributed by atoms with E-state index in [4.69, 9.17) is 5.73 Å². The van der Waals surface area contributed by atoms with Crippen LogP contribution in [0.2, 0.25) is 0 Å². The zero-order chi connectivity index (χ0) is 22.9. The summed E-state index contributed by atoms with van der Waals surface area (Å²) in [6.07, 6.45) is 4.47. The normalized spacial score (nSPS) is 19.8. The maximum Gasteiger partial charge on any atom is 0.268 e. The van der Waals surface area contributed by atoms with E-state index in [0.717, 1.165) is 0 Å². The number of aromatic amines is 1. The predicted molar refractivity (Wildman–Crippen MR) is 115 cm³/mol. The first kappa shape index (κ1) is 22.0. The van der Waals surface area contributed by atoms with Crippen LogP contribution in [-0.2, 0) is 0 Å². The molecule has 2 fully saturated rings. The van der Waals surface area contributed by atoms with Gasteiger partial charge in [-0.05, 0) is 55.4 Å². The molecule has 3 aromatic rings. The third kappa shape index (κ3) is 5.00. The van der Waals surface area contributed by atoms with E-state index in [1.165, 1.54) is 42.8 Å². The molecule has 1 amide bonds. The summed E-state index contributed by atoms with van der Waals surface area (Å²) in [5.74, 6) is -3.34. The van der Waals surface area contributed by atoms with E-state index >= 15 is 0 Å². The van der Waals surface area contributed by atoms with Crippen LogP contribution in [0.4, 0.5) is 13.2 Å². The Kier molecular flexibility index (Phi) is 6.04. The van der Waals surface area contributed by atoms with Gasteiger partial charge in [-0.1, -0.05) is 12.1 Å². The molecule has 5 rings (SSSR count). The number of carbonyl (C=O) groups excluding carboxylic acids is 1. The molecule has 168 valence electrons. The molecule has 0 spiro atoms. The molecule has 2 aliphatic carbocycles. The van der Waals surface area contributed by atoms with Crippen LogP contribution in [0.3, 0.4) is 0 Å². The Balaban J connectivity index is 0.000000203. The SMILES string of the molecule is Fc1cccc(C2CC2)c1.NC(=O)c1nccc2[nH]c([C@H]3CCCC(F)(F)C3)cc(=O)c12. The summed E-state index contributed by atoms with van der Waals surface area (Å²) in [5, 5.41) is 0.0984. The van der Waals surface area contributed by atoms with Crippen molar-refractivity contribution < 1.29 is 18.0 Å². The number of hydrogen-bond acceptors (Lipinski definition) is 3. The molecule has 1 atom stereocenters. The Morgan fingerprint density at radius 1 is 1.12 bits per heavy atom. The fourth-order valence-corrected chi connectivity index (χ4v) is 4.24. The van der Waals surface area contributed by atoms with Crippen molar-refractivity contribution in [1.29, 1.82) is 0 Å². The summed E-state index contributed by atoms with van der Waals surface area (Å²) in [6.45, 7) is 0. The number of alkyl halides is 2. The van der Waals surface area contributed by atoms with E-state index in [0.29, 0.717) is 30.0 Å². The van der Waals surface area contributed by atoms with Gasteiger partial charge in [-0.15, -0.1) is 0 Å². The highest BCUT2D eigenvalue weighted by Crippen LogP contribution is 2.41. The molecule has 2 saturated carbocycles. The summed E-state index contributed by atoms with van der Waals surface area (Å²) in [7, 11) is 0. The van der Waals surface area contributed by atoms with Crippen LogP contribution in [-0.4, -0.2) is 21.8 Å². The molecule has 2 aliphatic rings. The van der Waals surface area contributed by atoms with E-state index in [1.54, 1.807) is 12.1 Å². The molecule has 5 nitrogen and oxygen atoms in total. The van der Waals surface area contributed by atoms with Gasteiger partial charge in [0.25, 0.3) is 5.91 Å². The number of benzene rings is 1. The van der Waals surface area contributed by atoms with Gasteiger partial charge in [0.1, 0.15) is 11.5 Å². The predicted octanol–water partition coefficient (Wildman–Crippen LogP) is 5.02. The molecule has 3 N–H and O–H groups in total. The van der Waals surface area contributed by atoms with Crippen LogP contribution in [0.1, 0.15) is 72.1 Å². The topological polar surface area (TPSA) is 88.8 Å². The van der Waals surface area contributed by atoms with Crippen molar-refractivity contribution in [1.82, 2.24) is 9.97 Å². The highest BCUT2D eigenvalue weighted by Gasteiger charge is 2.37. The van der Waals surface area contributed by atoms with Gasteiger partial charge in [0.05, 0.1) is 10.9 Å². The van der Waals surface area contributed by atoms with Gasteiger partial charge in [0.15, 0.2) is 5.43 Å². The van der Waals surface area contributed by atoms with Crippen LogP contribution >= 0.6 is 0 Å². The lowest BCUT2D eigenvalue weighted by Gasteiger charge is -2.29. The van der Waals surface area contributed by atoms with E-state index in [-0.39, 0.29) is 29.7 Å². The zero-order valence-corrected chi connectivity index (χ0v) is 17.4. The standard InChI is InChI=1S/C15H15F2N3O2.C9H9F/c16-15(17)4-1-2-8(7-15)10-6-11(21)12-9(20-10)3-5-19-13(12)14(18)22;10-9-3-1-2-8(6-9)7-4-5-7/h3,5-6,8H,1-2,4,7H2,(H2,18,22)(H,20,21);1-3,6-7H,4-5H2/t8-;/m0./s1. The van der Waals surface area contributed by atoms with Crippen molar-refractivity contribution in [3.05, 3.63) is 75.6 Å². The third-order valence-electron chi connectivity index (χ3n) is 5.97. The van der Waals surface area contributed by atoms with Crippen LogP contribution < -0.4 is 11.2 Å². The monoisotopic (exact) mass is 443 g/mol. The van der Waals surface area contributed by atoms with Gasteiger partial charge in [-0.3, -0.25) is 14.6 Å². The fourth-order valence-electron chi connectivity index (χ4n) is 4.24. The maximum atomic E-state index is 13.6. The molecule has 2 aromatic heterocycles.